The molecule has 0 fully saturated rings. The third kappa shape index (κ3) is 4.50. The number of ether oxygens (including phenoxy) is 2. The summed E-state index contributed by atoms with van der Waals surface area (Å²) in [5.74, 6) is 1.22. The van der Waals surface area contributed by atoms with Crippen molar-refractivity contribution in [1.82, 2.24) is 14.5 Å². The molecule has 1 unspecified atom stereocenters. The Labute approximate surface area is 179 Å². The Kier molecular flexibility index (Phi) is 7.10. The van der Waals surface area contributed by atoms with Crippen LogP contribution in [-0.2, 0) is 9.47 Å². The molecule has 0 aliphatic carbocycles. The molecule has 0 spiro atoms. The van der Waals surface area contributed by atoms with Crippen LogP contribution in [0.25, 0.3) is 22.3 Å². The first-order valence-electron chi connectivity index (χ1n) is 10.6. The van der Waals surface area contributed by atoms with Crippen LogP contribution in [-0.4, -0.2) is 48.5 Å². The van der Waals surface area contributed by atoms with Gasteiger partial charge in [0.15, 0.2) is 0 Å². The Morgan fingerprint density at radius 1 is 1.03 bits per heavy atom. The molecule has 1 atom stereocenters. The standard InChI is InChI=1S/C24H34N4O2/c1-15(2)20-9-8-19(24(26-20)25-10-11-29-6)22-16(3)12-21-23(27-22)17(4)13-28(21)18(5)14-30-7/h8-9,12-13,15,18H,10-11,14H2,1-7H3,(H,25,26). The zero-order valence-electron chi connectivity index (χ0n) is 19.2. The van der Waals surface area contributed by atoms with Gasteiger partial charge in [0, 0.05) is 38.2 Å². The highest BCUT2D eigenvalue weighted by molar-refractivity contribution is 5.86. The first-order valence-corrected chi connectivity index (χ1v) is 10.6. The minimum absolute atomic E-state index is 0.247. The number of pyridine rings is 2. The van der Waals surface area contributed by atoms with Gasteiger partial charge in [-0.3, -0.25) is 0 Å². The second kappa shape index (κ2) is 9.58. The average Bonchev–Trinajstić information content (AvgIpc) is 3.03. The maximum atomic E-state index is 5.36. The number of methoxy groups -OCH3 is 2. The van der Waals surface area contributed by atoms with Crippen molar-refractivity contribution in [3.8, 4) is 11.3 Å². The SMILES string of the molecule is COCCNc1nc(C(C)C)ccc1-c1nc2c(C)cn(C(C)COC)c2cc1C. The number of nitrogens with zero attached hydrogens (tertiary/aromatic N) is 3. The van der Waals surface area contributed by atoms with E-state index in [-0.39, 0.29) is 6.04 Å². The number of rotatable bonds is 9. The summed E-state index contributed by atoms with van der Waals surface area (Å²) >= 11 is 0. The monoisotopic (exact) mass is 410 g/mol. The Morgan fingerprint density at radius 3 is 2.47 bits per heavy atom. The zero-order valence-corrected chi connectivity index (χ0v) is 19.2. The molecular formula is C24H34N4O2. The summed E-state index contributed by atoms with van der Waals surface area (Å²) in [6, 6.07) is 6.72. The molecule has 0 amide bonds. The maximum absolute atomic E-state index is 5.36. The fourth-order valence-corrected chi connectivity index (χ4v) is 3.78. The molecule has 0 aliphatic heterocycles. The van der Waals surface area contributed by atoms with Gasteiger partial charge in [-0.1, -0.05) is 13.8 Å². The summed E-state index contributed by atoms with van der Waals surface area (Å²) in [6.45, 7) is 12.7. The predicted octanol–water partition coefficient (Wildman–Crippen LogP) is 5.10. The van der Waals surface area contributed by atoms with Crippen molar-refractivity contribution >= 4 is 16.9 Å². The van der Waals surface area contributed by atoms with Crippen molar-refractivity contribution < 1.29 is 9.47 Å². The summed E-state index contributed by atoms with van der Waals surface area (Å²) < 4.78 is 12.8. The first kappa shape index (κ1) is 22.2. The van der Waals surface area contributed by atoms with Gasteiger partial charge in [-0.25, -0.2) is 9.97 Å². The molecule has 162 valence electrons. The van der Waals surface area contributed by atoms with E-state index in [9.17, 15) is 0 Å². The summed E-state index contributed by atoms with van der Waals surface area (Å²) in [6.07, 6.45) is 2.17. The van der Waals surface area contributed by atoms with Crippen molar-refractivity contribution in [3.63, 3.8) is 0 Å². The fraction of sp³-hybridized carbons (Fsp3) is 0.500. The van der Waals surface area contributed by atoms with E-state index in [2.05, 4.69) is 68.9 Å². The number of aryl methyl sites for hydroxylation is 2. The first-order chi connectivity index (χ1) is 14.4. The Bertz CT molecular complexity index is 1010. The lowest BCUT2D eigenvalue weighted by Gasteiger charge is -2.17. The molecular weight excluding hydrogens is 376 g/mol. The van der Waals surface area contributed by atoms with Crippen molar-refractivity contribution in [2.75, 3.05) is 39.3 Å². The Balaban J connectivity index is 2.11. The van der Waals surface area contributed by atoms with Crippen LogP contribution in [0.5, 0.6) is 0 Å². The molecule has 0 saturated carbocycles. The maximum Gasteiger partial charge on any atom is 0.135 e. The average molecular weight is 411 g/mol. The Hall–Kier alpha value is -2.44. The molecule has 6 nitrogen and oxygen atoms in total. The smallest absolute Gasteiger partial charge is 0.135 e. The van der Waals surface area contributed by atoms with E-state index >= 15 is 0 Å². The lowest BCUT2D eigenvalue weighted by molar-refractivity contribution is 0.164. The van der Waals surface area contributed by atoms with Gasteiger partial charge in [-0.2, -0.15) is 0 Å². The van der Waals surface area contributed by atoms with Crippen LogP contribution in [0.3, 0.4) is 0 Å². The minimum atomic E-state index is 0.247. The molecule has 3 aromatic heterocycles. The van der Waals surface area contributed by atoms with E-state index in [1.807, 2.05) is 0 Å². The third-order valence-corrected chi connectivity index (χ3v) is 5.42. The number of anilines is 1. The highest BCUT2D eigenvalue weighted by atomic mass is 16.5. The second-order valence-electron chi connectivity index (χ2n) is 8.25. The molecule has 3 heterocycles. The van der Waals surface area contributed by atoms with Crippen LogP contribution in [0, 0.1) is 13.8 Å². The third-order valence-electron chi connectivity index (χ3n) is 5.42. The zero-order chi connectivity index (χ0) is 21.8. The number of fused-ring (bicyclic) bond motifs is 1. The Morgan fingerprint density at radius 2 is 1.80 bits per heavy atom. The normalized spacial score (nSPS) is 12.7. The highest BCUT2D eigenvalue weighted by Gasteiger charge is 2.18. The van der Waals surface area contributed by atoms with Crippen molar-refractivity contribution in [2.24, 2.45) is 0 Å². The molecule has 6 heteroatoms. The molecule has 3 aromatic rings. The molecule has 0 bridgehead atoms. The van der Waals surface area contributed by atoms with Gasteiger partial charge in [-0.05, 0) is 56.0 Å². The summed E-state index contributed by atoms with van der Waals surface area (Å²) in [5.41, 5.74) is 7.49. The highest BCUT2D eigenvalue weighted by Crippen LogP contribution is 2.33. The van der Waals surface area contributed by atoms with Crippen LogP contribution in [0.4, 0.5) is 5.82 Å². The van der Waals surface area contributed by atoms with E-state index in [0.29, 0.717) is 25.7 Å². The van der Waals surface area contributed by atoms with E-state index in [0.717, 1.165) is 44.9 Å². The van der Waals surface area contributed by atoms with Gasteiger partial charge in [0.2, 0.25) is 0 Å². The van der Waals surface area contributed by atoms with E-state index in [1.54, 1.807) is 14.2 Å². The molecule has 0 saturated heterocycles. The van der Waals surface area contributed by atoms with Crippen molar-refractivity contribution in [3.05, 3.63) is 41.2 Å². The van der Waals surface area contributed by atoms with Crippen LogP contribution in [0.2, 0.25) is 0 Å². The van der Waals surface area contributed by atoms with Crippen LogP contribution >= 0.6 is 0 Å². The lowest BCUT2D eigenvalue weighted by atomic mass is 10.0. The van der Waals surface area contributed by atoms with Gasteiger partial charge >= 0.3 is 0 Å². The number of aromatic nitrogens is 3. The van der Waals surface area contributed by atoms with Gasteiger partial charge in [0.05, 0.1) is 36.0 Å². The van der Waals surface area contributed by atoms with Crippen molar-refractivity contribution in [2.45, 2.75) is 46.6 Å². The molecule has 0 aromatic carbocycles. The molecule has 3 rings (SSSR count). The summed E-state index contributed by atoms with van der Waals surface area (Å²) in [5, 5.41) is 3.44. The predicted molar refractivity (Wildman–Crippen MR) is 123 cm³/mol. The number of hydrogen-bond donors (Lipinski definition) is 1. The van der Waals surface area contributed by atoms with Gasteiger partial charge in [0.1, 0.15) is 5.82 Å². The van der Waals surface area contributed by atoms with Crippen LogP contribution in [0.1, 0.15) is 49.6 Å². The summed E-state index contributed by atoms with van der Waals surface area (Å²) in [7, 11) is 3.45. The van der Waals surface area contributed by atoms with Gasteiger partial charge in [-0.15, -0.1) is 0 Å². The molecule has 0 aliphatic rings. The molecule has 30 heavy (non-hydrogen) atoms. The van der Waals surface area contributed by atoms with E-state index in [1.165, 1.54) is 0 Å². The van der Waals surface area contributed by atoms with Gasteiger partial charge < -0.3 is 19.4 Å². The van der Waals surface area contributed by atoms with E-state index in [4.69, 9.17) is 19.4 Å². The fourth-order valence-electron chi connectivity index (χ4n) is 3.78. The van der Waals surface area contributed by atoms with Gasteiger partial charge in [0.25, 0.3) is 0 Å². The quantitative estimate of drug-likeness (QED) is 0.497. The minimum Gasteiger partial charge on any atom is -0.383 e. The topological polar surface area (TPSA) is 61.2 Å². The van der Waals surface area contributed by atoms with E-state index < -0.39 is 0 Å². The van der Waals surface area contributed by atoms with Crippen LogP contribution < -0.4 is 5.32 Å². The second-order valence-corrected chi connectivity index (χ2v) is 8.25. The number of hydrogen-bond acceptors (Lipinski definition) is 5. The lowest BCUT2D eigenvalue weighted by Crippen LogP contribution is -2.12. The van der Waals surface area contributed by atoms with Crippen LogP contribution in [0.15, 0.2) is 24.4 Å². The largest absolute Gasteiger partial charge is 0.383 e. The molecule has 0 radical (unpaired) electrons. The molecule has 1 N–H and O–H groups in total. The number of nitrogens with one attached hydrogen (secondary N) is 1. The summed E-state index contributed by atoms with van der Waals surface area (Å²) in [4.78, 5) is 9.99. The van der Waals surface area contributed by atoms with Crippen molar-refractivity contribution in [1.29, 1.82) is 0 Å².